The van der Waals surface area contributed by atoms with Gasteiger partial charge in [0.2, 0.25) is 5.91 Å². The fraction of sp³-hybridized carbons (Fsp3) is 0.107. The van der Waals surface area contributed by atoms with E-state index in [1.807, 2.05) is 60.7 Å². The Morgan fingerprint density at radius 1 is 0.914 bits per heavy atom. The van der Waals surface area contributed by atoms with Gasteiger partial charge in [0, 0.05) is 24.5 Å². The van der Waals surface area contributed by atoms with E-state index in [1.165, 1.54) is 0 Å². The van der Waals surface area contributed by atoms with Gasteiger partial charge in [0.05, 0.1) is 0 Å². The van der Waals surface area contributed by atoms with Crippen molar-refractivity contribution >= 4 is 39.4 Å². The summed E-state index contributed by atoms with van der Waals surface area (Å²) in [7, 11) is 0. The Hall–Kier alpha value is -4.65. The number of amides is 2. The average Bonchev–Trinajstić information content (AvgIpc) is 3.33. The van der Waals surface area contributed by atoms with E-state index in [-0.39, 0.29) is 18.2 Å². The predicted octanol–water partition coefficient (Wildman–Crippen LogP) is 4.22. The Kier molecular flexibility index (Phi) is 6.13. The van der Waals surface area contributed by atoms with Crippen molar-refractivity contribution < 1.29 is 14.0 Å². The van der Waals surface area contributed by atoms with Gasteiger partial charge in [-0.2, -0.15) is 0 Å². The van der Waals surface area contributed by atoms with E-state index in [4.69, 9.17) is 10.2 Å². The predicted molar refractivity (Wildman–Crippen MR) is 136 cm³/mol. The molecule has 0 aliphatic rings. The third kappa shape index (κ3) is 4.99. The van der Waals surface area contributed by atoms with Crippen molar-refractivity contribution in [3.8, 4) is 0 Å². The molecule has 1 atom stereocenters. The second-order valence-electron chi connectivity index (χ2n) is 8.33. The lowest BCUT2D eigenvalue weighted by atomic mass is 9.98. The minimum absolute atomic E-state index is 0.157. The highest BCUT2D eigenvalue weighted by molar-refractivity contribution is 5.99. The van der Waals surface area contributed by atoms with Gasteiger partial charge in [0.15, 0.2) is 5.76 Å². The van der Waals surface area contributed by atoms with Crippen LogP contribution < -0.4 is 16.4 Å². The van der Waals surface area contributed by atoms with E-state index in [0.717, 1.165) is 27.3 Å². The summed E-state index contributed by atoms with van der Waals surface area (Å²) in [4.78, 5) is 30.4. The van der Waals surface area contributed by atoms with E-state index < -0.39 is 11.9 Å². The number of carbonyl (C=O) groups is 2. The molecule has 5 aromatic rings. The van der Waals surface area contributed by atoms with Crippen LogP contribution in [0.1, 0.15) is 21.7 Å². The summed E-state index contributed by atoms with van der Waals surface area (Å²) in [5.74, 6) is -0.188. The molecule has 0 unspecified atom stereocenters. The van der Waals surface area contributed by atoms with E-state index in [0.29, 0.717) is 17.8 Å². The van der Waals surface area contributed by atoms with Crippen molar-refractivity contribution in [1.82, 2.24) is 15.6 Å². The highest BCUT2D eigenvalue weighted by atomic mass is 16.3. The van der Waals surface area contributed by atoms with Crippen LogP contribution in [0.25, 0.3) is 21.7 Å². The Labute approximate surface area is 202 Å². The smallest absolute Gasteiger partial charge is 0.287 e. The Balaban J connectivity index is 1.39. The van der Waals surface area contributed by atoms with Crippen molar-refractivity contribution in [2.45, 2.75) is 19.0 Å². The van der Waals surface area contributed by atoms with Gasteiger partial charge in [-0.15, -0.1) is 0 Å². The number of nitrogens with one attached hydrogen (secondary N) is 2. The third-order valence-electron chi connectivity index (χ3n) is 5.89. The lowest BCUT2D eigenvalue weighted by Crippen LogP contribution is -2.47. The van der Waals surface area contributed by atoms with Gasteiger partial charge in [-0.1, -0.05) is 66.7 Å². The van der Waals surface area contributed by atoms with Crippen molar-refractivity contribution in [1.29, 1.82) is 0 Å². The SMILES string of the molecule is Nc1ccc(CNC(=O)[C@H](Cc2cccc3ccccc23)NC(=O)c2cc3ccccc3o2)cn1. The molecule has 7 heteroatoms. The summed E-state index contributed by atoms with van der Waals surface area (Å²) in [6, 6.07) is 25.7. The zero-order chi connectivity index (χ0) is 24.2. The second kappa shape index (κ2) is 9.69. The maximum atomic E-state index is 13.3. The summed E-state index contributed by atoms with van der Waals surface area (Å²) < 4.78 is 5.71. The van der Waals surface area contributed by atoms with Crippen molar-refractivity contribution in [2.24, 2.45) is 0 Å². The van der Waals surface area contributed by atoms with Crippen LogP contribution in [0.15, 0.2) is 95.5 Å². The number of rotatable bonds is 7. The molecule has 2 amide bonds. The number of carbonyl (C=O) groups excluding carboxylic acids is 2. The van der Waals surface area contributed by atoms with E-state index in [9.17, 15) is 9.59 Å². The molecule has 4 N–H and O–H groups in total. The number of hydrogen-bond acceptors (Lipinski definition) is 5. The average molecular weight is 465 g/mol. The van der Waals surface area contributed by atoms with Crippen molar-refractivity contribution in [3.63, 3.8) is 0 Å². The molecular formula is C28H24N4O3. The summed E-state index contributed by atoms with van der Waals surface area (Å²) in [5.41, 5.74) is 8.03. The first-order chi connectivity index (χ1) is 17.1. The Morgan fingerprint density at radius 2 is 1.69 bits per heavy atom. The van der Waals surface area contributed by atoms with Crippen LogP contribution in [0.3, 0.4) is 0 Å². The number of para-hydroxylation sites is 1. The van der Waals surface area contributed by atoms with Crippen LogP contribution in [0.5, 0.6) is 0 Å². The fourth-order valence-electron chi connectivity index (χ4n) is 4.08. The number of nitrogens with two attached hydrogens (primary N) is 1. The molecule has 0 aliphatic carbocycles. The molecule has 2 aromatic heterocycles. The summed E-state index contributed by atoms with van der Waals surface area (Å²) in [6.07, 6.45) is 1.93. The van der Waals surface area contributed by atoms with Gasteiger partial charge in [0.1, 0.15) is 17.4 Å². The molecule has 0 spiro atoms. The van der Waals surface area contributed by atoms with Gasteiger partial charge < -0.3 is 20.8 Å². The molecule has 0 aliphatic heterocycles. The zero-order valence-corrected chi connectivity index (χ0v) is 18.9. The molecule has 2 heterocycles. The van der Waals surface area contributed by atoms with Crippen LogP contribution in [0.2, 0.25) is 0 Å². The molecule has 0 bridgehead atoms. The lowest BCUT2D eigenvalue weighted by Gasteiger charge is -2.19. The first kappa shape index (κ1) is 22.2. The monoisotopic (exact) mass is 464 g/mol. The number of nitrogen functional groups attached to an aromatic ring is 1. The normalized spacial score (nSPS) is 11.9. The number of aromatic nitrogens is 1. The Bertz CT molecular complexity index is 1470. The standard InChI is InChI=1S/C28H24N4O3/c29-26-13-12-18(16-30-26)17-31-27(33)23(14-20-9-5-8-19-6-1-3-10-22(19)20)32-28(34)25-15-21-7-2-4-11-24(21)35-25/h1-13,15-16,23H,14,17H2,(H2,29,30)(H,31,33)(H,32,34)/t23-/m0/s1. The van der Waals surface area contributed by atoms with Gasteiger partial charge in [0.25, 0.3) is 5.91 Å². The molecule has 3 aromatic carbocycles. The fourth-order valence-corrected chi connectivity index (χ4v) is 4.08. The maximum absolute atomic E-state index is 13.3. The van der Waals surface area contributed by atoms with E-state index in [2.05, 4.69) is 15.6 Å². The molecule has 7 nitrogen and oxygen atoms in total. The molecular weight excluding hydrogens is 440 g/mol. The molecule has 0 radical (unpaired) electrons. The van der Waals surface area contributed by atoms with Gasteiger partial charge in [-0.3, -0.25) is 9.59 Å². The minimum Gasteiger partial charge on any atom is -0.451 e. The highest BCUT2D eigenvalue weighted by Crippen LogP contribution is 2.21. The Morgan fingerprint density at radius 3 is 2.49 bits per heavy atom. The van der Waals surface area contributed by atoms with Crippen molar-refractivity contribution in [3.05, 3.63) is 108 Å². The number of fused-ring (bicyclic) bond motifs is 2. The van der Waals surface area contributed by atoms with Crippen LogP contribution in [-0.2, 0) is 17.8 Å². The largest absolute Gasteiger partial charge is 0.451 e. The van der Waals surface area contributed by atoms with Gasteiger partial charge in [-0.05, 0) is 40.1 Å². The summed E-state index contributed by atoms with van der Waals surface area (Å²) >= 11 is 0. The number of nitrogens with zero attached hydrogens (tertiary/aromatic N) is 1. The zero-order valence-electron chi connectivity index (χ0n) is 18.9. The first-order valence-corrected chi connectivity index (χ1v) is 11.3. The third-order valence-corrected chi connectivity index (χ3v) is 5.89. The first-order valence-electron chi connectivity index (χ1n) is 11.3. The molecule has 35 heavy (non-hydrogen) atoms. The van der Waals surface area contributed by atoms with Crippen LogP contribution >= 0.6 is 0 Å². The van der Waals surface area contributed by atoms with E-state index in [1.54, 1.807) is 30.5 Å². The highest BCUT2D eigenvalue weighted by Gasteiger charge is 2.24. The topological polar surface area (TPSA) is 110 Å². The molecule has 0 saturated heterocycles. The number of furan rings is 1. The second-order valence-corrected chi connectivity index (χ2v) is 8.33. The summed E-state index contributed by atoms with van der Waals surface area (Å²) in [5, 5.41) is 8.71. The van der Waals surface area contributed by atoms with Crippen LogP contribution in [-0.4, -0.2) is 22.8 Å². The molecule has 5 rings (SSSR count). The van der Waals surface area contributed by atoms with E-state index >= 15 is 0 Å². The number of anilines is 1. The number of pyridine rings is 1. The quantitative estimate of drug-likeness (QED) is 0.334. The molecule has 174 valence electrons. The lowest BCUT2D eigenvalue weighted by molar-refractivity contribution is -0.123. The van der Waals surface area contributed by atoms with Gasteiger partial charge in [-0.25, -0.2) is 4.98 Å². The maximum Gasteiger partial charge on any atom is 0.287 e. The van der Waals surface area contributed by atoms with Gasteiger partial charge >= 0.3 is 0 Å². The number of hydrogen-bond donors (Lipinski definition) is 3. The van der Waals surface area contributed by atoms with Crippen LogP contribution in [0.4, 0.5) is 5.82 Å². The summed E-state index contributed by atoms with van der Waals surface area (Å²) in [6.45, 7) is 0.263. The minimum atomic E-state index is -0.816. The van der Waals surface area contributed by atoms with Crippen LogP contribution in [0, 0.1) is 0 Å². The van der Waals surface area contributed by atoms with Crippen molar-refractivity contribution in [2.75, 3.05) is 5.73 Å². The number of benzene rings is 3. The molecule has 0 fully saturated rings. The molecule has 0 saturated carbocycles.